The summed E-state index contributed by atoms with van der Waals surface area (Å²) < 4.78 is 2.13. The summed E-state index contributed by atoms with van der Waals surface area (Å²) in [5.74, 6) is 0.663. The fourth-order valence-corrected chi connectivity index (χ4v) is 2.25. The third kappa shape index (κ3) is 2.92. The van der Waals surface area contributed by atoms with E-state index in [1.807, 2.05) is 6.07 Å². The van der Waals surface area contributed by atoms with Gasteiger partial charge in [-0.05, 0) is 24.1 Å². The number of aliphatic hydroxyl groups is 1. The lowest BCUT2D eigenvalue weighted by Crippen LogP contribution is -2.18. The first-order valence-electron chi connectivity index (χ1n) is 6.60. The highest BCUT2D eigenvalue weighted by Gasteiger charge is 2.07. The third-order valence-corrected chi connectivity index (χ3v) is 3.08. The van der Waals surface area contributed by atoms with Crippen LogP contribution in [0.25, 0.3) is 10.9 Å². The van der Waals surface area contributed by atoms with Crippen molar-refractivity contribution in [1.29, 1.82) is 0 Å². The van der Waals surface area contributed by atoms with Crippen molar-refractivity contribution in [3.63, 3.8) is 0 Å². The highest BCUT2D eigenvalue weighted by molar-refractivity contribution is 5.83. The van der Waals surface area contributed by atoms with Gasteiger partial charge >= 0.3 is 0 Å². The summed E-state index contributed by atoms with van der Waals surface area (Å²) in [7, 11) is 0. The van der Waals surface area contributed by atoms with Crippen molar-refractivity contribution in [2.75, 3.05) is 13.2 Å². The number of benzene rings is 1. The van der Waals surface area contributed by atoms with E-state index in [4.69, 9.17) is 5.11 Å². The molecule has 3 heteroatoms. The Kier molecular flexibility index (Phi) is 4.39. The molecule has 2 aromatic rings. The molecule has 0 radical (unpaired) electrons. The van der Waals surface area contributed by atoms with Crippen LogP contribution in [-0.2, 0) is 13.1 Å². The van der Waals surface area contributed by atoms with Gasteiger partial charge in [0.05, 0.1) is 6.61 Å². The third-order valence-electron chi connectivity index (χ3n) is 3.08. The largest absolute Gasteiger partial charge is 0.395 e. The molecule has 0 aliphatic heterocycles. The van der Waals surface area contributed by atoms with Crippen LogP contribution in [0, 0.1) is 5.92 Å². The summed E-state index contributed by atoms with van der Waals surface area (Å²) in [6.45, 7) is 7.17. The molecule has 0 aliphatic carbocycles. The first-order chi connectivity index (χ1) is 8.72. The van der Waals surface area contributed by atoms with Crippen LogP contribution in [0.5, 0.6) is 0 Å². The maximum Gasteiger partial charge on any atom is 0.0610 e. The zero-order valence-electron chi connectivity index (χ0n) is 11.2. The Balaban J connectivity index is 2.21. The predicted octanol–water partition coefficient (Wildman–Crippen LogP) is 2.38. The monoisotopic (exact) mass is 246 g/mol. The Morgan fingerprint density at radius 1 is 1.28 bits per heavy atom. The van der Waals surface area contributed by atoms with E-state index in [9.17, 15) is 0 Å². The Bertz CT molecular complexity index is 502. The molecule has 1 aromatic heterocycles. The minimum absolute atomic E-state index is 0.178. The van der Waals surface area contributed by atoms with Gasteiger partial charge in [-0.1, -0.05) is 32.0 Å². The van der Waals surface area contributed by atoms with Gasteiger partial charge in [0.2, 0.25) is 0 Å². The van der Waals surface area contributed by atoms with Crippen molar-refractivity contribution in [3.8, 4) is 0 Å². The van der Waals surface area contributed by atoms with Crippen molar-refractivity contribution in [2.24, 2.45) is 5.92 Å². The van der Waals surface area contributed by atoms with Crippen LogP contribution in [0.15, 0.2) is 30.5 Å². The molecule has 0 amide bonds. The summed E-state index contributed by atoms with van der Waals surface area (Å²) >= 11 is 0. The van der Waals surface area contributed by atoms with Gasteiger partial charge in [-0.15, -0.1) is 0 Å². The fraction of sp³-hybridized carbons (Fsp3) is 0.467. The van der Waals surface area contributed by atoms with Crippen LogP contribution in [-0.4, -0.2) is 22.8 Å². The van der Waals surface area contributed by atoms with E-state index < -0.39 is 0 Å². The minimum atomic E-state index is 0.178. The van der Waals surface area contributed by atoms with E-state index in [-0.39, 0.29) is 6.61 Å². The molecule has 18 heavy (non-hydrogen) atoms. The molecule has 0 atom stereocenters. The summed E-state index contributed by atoms with van der Waals surface area (Å²) in [6.07, 6.45) is 2.15. The van der Waals surface area contributed by atoms with E-state index >= 15 is 0 Å². The quantitative estimate of drug-likeness (QED) is 0.821. The van der Waals surface area contributed by atoms with E-state index in [0.29, 0.717) is 12.5 Å². The number of rotatable bonds is 6. The molecule has 0 saturated heterocycles. The number of hydrogen-bond acceptors (Lipinski definition) is 2. The average Bonchev–Trinajstić information content (AvgIpc) is 2.69. The maximum atomic E-state index is 9.10. The van der Waals surface area contributed by atoms with Crippen molar-refractivity contribution in [1.82, 2.24) is 9.88 Å². The number of nitrogens with zero attached hydrogens (tertiary/aromatic N) is 1. The lowest BCUT2D eigenvalue weighted by atomic mass is 10.1. The maximum absolute atomic E-state index is 9.10. The van der Waals surface area contributed by atoms with Gasteiger partial charge in [0.15, 0.2) is 0 Å². The number of nitrogens with one attached hydrogen (secondary N) is 1. The number of fused-ring (bicyclic) bond motifs is 1. The van der Waals surface area contributed by atoms with E-state index in [0.717, 1.165) is 13.1 Å². The van der Waals surface area contributed by atoms with Crippen molar-refractivity contribution in [2.45, 2.75) is 26.9 Å². The summed E-state index contributed by atoms with van der Waals surface area (Å²) in [4.78, 5) is 0. The molecular formula is C15H22N2O. The molecule has 2 N–H and O–H groups in total. The lowest BCUT2D eigenvalue weighted by Gasteiger charge is -2.06. The van der Waals surface area contributed by atoms with Crippen molar-refractivity contribution < 1.29 is 5.11 Å². The second kappa shape index (κ2) is 6.03. The lowest BCUT2D eigenvalue weighted by molar-refractivity contribution is 0.278. The number of aromatic nitrogens is 1. The molecule has 3 nitrogen and oxygen atoms in total. The number of hydrogen-bond donors (Lipinski definition) is 2. The van der Waals surface area contributed by atoms with Crippen molar-refractivity contribution in [3.05, 3.63) is 36.0 Å². The van der Waals surface area contributed by atoms with Crippen LogP contribution in [0.3, 0.4) is 0 Å². The van der Waals surface area contributed by atoms with Gasteiger partial charge in [-0.3, -0.25) is 0 Å². The second-order valence-corrected chi connectivity index (χ2v) is 5.11. The summed E-state index contributed by atoms with van der Waals surface area (Å²) in [5, 5.41) is 13.9. The van der Waals surface area contributed by atoms with E-state index in [2.05, 4.69) is 48.1 Å². The molecule has 0 spiro atoms. The molecule has 0 fully saturated rings. The van der Waals surface area contributed by atoms with Gasteiger partial charge < -0.3 is 15.0 Å². The minimum Gasteiger partial charge on any atom is -0.395 e. The Hall–Kier alpha value is -1.32. The average molecular weight is 246 g/mol. The number of aliphatic hydroxyl groups excluding tert-OH is 1. The normalized spacial score (nSPS) is 11.6. The summed E-state index contributed by atoms with van der Waals surface area (Å²) in [6, 6.07) is 8.37. The van der Waals surface area contributed by atoms with Gasteiger partial charge in [0.1, 0.15) is 0 Å². The molecule has 1 heterocycles. The Labute approximate surface area is 108 Å². The topological polar surface area (TPSA) is 37.2 Å². The molecule has 0 unspecified atom stereocenters. The molecule has 2 rings (SSSR count). The van der Waals surface area contributed by atoms with Crippen LogP contribution >= 0.6 is 0 Å². The zero-order chi connectivity index (χ0) is 13.0. The van der Waals surface area contributed by atoms with Crippen LogP contribution in [0.1, 0.15) is 19.4 Å². The van der Waals surface area contributed by atoms with Crippen LogP contribution < -0.4 is 5.32 Å². The zero-order valence-corrected chi connectivity index (χ0v) is 11.2. The van der Waals surface area contributed by atoms with E-state index in [1.54, 1.807) is 0 Å². The molecule has 1 aromatic carbocycles. The van der Waals surface area contributed by atoms with Crippen LogP contribution in [0.4, 0.5) is 0 Å². The second-order valence-electron chi connectivity index (χ2n) is 5.11. The van der Waals surface area contributed by atoms with Crippen LogP contribution in [0.2, 0.25) is 0 Å². The molecule has 0 aliphatic rings. The molecular weight excluding hydrogens is 224 g/mol. The van der Waals surface area contributed by atoms with Gasteiger partial charge in [-0.2, -0.15) is 0 Å². The highest BCUT2D eigenvalue weighted by Crippen LogP contribution is 2.21. The first kappa shape index (κ1) is 13.1. The smallest absolute Gasteiger partial charge is 0.0610 e. The van der Waals surface area contributed by atoms with E-state index in [1.165, 1.54) is 16.5 Å². The van der Waals surface area contributed by atoms with Gasteiger partial charge in [0.25, 0.3) is 0 Å². The fourth-order valence-electron chi connectivity index (χ4n) is 2.25. The molecule has 98 valence electrons. The number of para-hydroxylation sites is 1. The highest BCUT2D eigenvalue weighted by atomic mass is 16.3. The Morgan fingerprint density at radius 3 is 2.78 bits per heavy atom. The Morgan fingerprint density at radius 2 is 2.06 bits per heavy atom. The first-order valence-corrected chi connectivity index (χ1v) is 6.60. The molecule has 0 saturated carbocycles. The SMILES string of the molecule is CC(C)CNCc1cn(CCO)c2ccccc12. The van der Waals surface area contributed by atoms with Gasteiger partial charge in [0, 0.05) is 30.2 Å². The summed E-state index contributed by atoms with van der Waals surface area (Å²) in [5.41, 5.74) is 2.51. The van der Waals surface area contributed by atoms with Gasteiger partial charge in [-0.25, -0.2) is 0 Å². The standard InChI is InChI=1S/C15H22N2O/c1-12(2)9-16-10-13-11-17(7-8-18)15-6-4-3-5-14(13)15/h3-6,11-12,16,18H,7-10H2,1-2H3. The van der Waals surface area contributed by atoms with Crippen molar-refractivity contribution >= 4 is 10.9 Å². The molecule has 0 bridgehead atoms. The predicted molar refractivity (Wildman–Crippen MR) is 75.6 cm³/mol.